The Hall–Kier alpha value is -1.85. The third-order valence-corrected chi connectivity index (χ3v) is 4.29. The highest BCUT2D eigenvalue weighted by Crippen LogP contribution is 2.23. The van der Waals surface area contributed by atoms with Crippen molar-refractivity contribution in [3.63, 3.8) is 0 Å². The van der Waals surface area contributed by atoms with Gasteiger partial charge in [0.2, 0.25) is 5.91 Å². The molecule has 1 heterocycles. The summed E-state index contributed by atoms with van der Waals surface area (Å²) in [5.74, 6) is 0.686. The van der Waals surface area contributed by atoms with Crippen molar-refractivity contribution in [1.82, 2.24) is 4.90 Å². The number of rotatable bonds is 5. The summed E-state index contributed by atoms with van der Waals surface area (Å²) in [4.78, 5) is 14.9. The van der Waals surface area contributed by atoms with Crippen LogP contribution in [-0.2, 0) is 11.3 Å². The van der Waals surface area contributed by atoms with Gasteiger partial charge in [-0.2, -0.15) is 0 Å². The zero-order chi connectivity index (χ0) is 15.4. The number of hydrogen-bond acceptors (Lipinski definition) is 4. The summed E-state index contributed by atoms with van der Waals surface area (Å²) >= 11 is 1.50. The fraction of sp³-hybridized carbons (Fsp3) is 0.312. The van der Waals surface area contributed by atoms with Crippen LogP contribution in [0.3, 0.4) is 0 Å². The number of benzene rings is 1. The van der Waals surface area contributed by atoms with Crippen LogP contribution in [0.5, 0.6) is 5.75 Å². The number of ether oxygens (including phenoxy) is 1. The van der Waals surface area contributed by atoms with E-state index in [1.54, 1.807) is 19.1 Å². The molecule has 1 aromatic heterocycles. The van der Waals surface area contributed by atoms with Crippen molar-refractivity contribution in [3.05, 3.63) is 51.7 Å². The van der Waals surface area contributed by atoms with Gasteiger partial charge in [0.15, 0.2) is 0 Å². The highest BCUT2D eigenvalue weighted by Gasteiger charge is 2.21. The molecule has 0 aliphatic carbocycles. The van der Waals surface area contributed by atoms with Gasteiger partial charge in [-0.15, -0.1) is 11.3 Å². The molecule has 2 N–H and O–H groups in total. The average molecular weight is 304 g/mol. The molecule has 2 aromatic rings. The highest BCUT2D eigenvalue weighted by molar-refractivity contribution is 7.10. The van der Waals surface area contributed by atoms with E-state index in [2.05, 4.69) is 0 Å². The van der Waals surface area contributed by atoms with E-state index in [-0.39, 0.29) is 5.91 Å². The standard InChI is InChI=1S/C16H20N2O2S/c1-11-6-7-13(20-3)12(9-11)10-18(2)16(19)15(17)14-5-4-8-21-14/h4-9,15H,10,17H2,1-3H3. The number of likely N-dealkylation sites (N-methyl/N-ethyl adjacent to an activating group) is 1. The van der Waals surface area contributed by atoms with Gasteiger partial charge in [0.1, 0.15) is 11.8 Å². The Bertz CT molecular complexity index is 611. The smallest absolute Gasteiger partial charge is 0.244 e. The van der Waals surface area contributed by atoms with Crippen LogP contribution in [-0.4, -0.2) is 25.0 Å². The summed E-state index contributed by atoms with van der Waals surface area (Å²) in [5, 5.41) is 1.92. The van der Waals surface area contributed by atoms with E-state index in [9.17, 15) is 4.79 Å². The number of amides is 1. The van der Waals surface area contributed by atoms with E-state index in [0.29, 0.717) is 6.54 Å². The van der Waals surface area contributed by atoms with Gasteiger partial charge in [0.05, 0.1) is 7.11 Å². The summed E-state index contributed by atoms with van der Waals surface area (Å²) in [6.07, 6.45) is 0. The molecule has 0 fully saturated rings. The van der Waals surface area contributed by atoms with Gasteiger partial charge in [-0.1, -0.05) is 23.8 Å². The minimum absolute atomic E-state index is 0.0963. The molecule has 0 saturated heterocycles. The molecule has 1 aromatic carbocycles. The van der Waals surface area contributed by atoms with Crippen LogP contribution in [0.25, 0.3) is 0 Å². The van der Waals surface area contributed by atoms with E-state index >= 15 is 0 Å². The molecule has 1 amide bonds. The summed E-state index contributed by atoms with van der Waals surface area (Å²) in [7, 11) is 3.39. The van der Waals surface area contributed by atoms with Crippen LogP contribution >= 0.6 is 11.3 Å². The zero-order valence-electron chi connectivity index (χ0n) is 12.5. The SMILES string of the molecule is COc1ccc(C)cc1CN(C)C(=O)C(N)c1cccs1. The topological polar surface area (TPSA) is 55.6 Å². The summed E-state index contributed by atoms with van der Waals surface area (Å²) in [5.41, 5.74) is 8.14. The molecular formula is C16H20N2O2S. The molecule has 0 radical (unpaired) electrons. The van der Waals surface area contributed by atoms with Gasteiger partial charge in [0, 0.05) is 24.0 Å². The normalized spacial score (nSPS) is 12.0. The fourth-order valence-corrected chi connectivity index (χ4v) is 2.91. The van der Waals surface area contributed by atoms with Crippen LogP contribution in [0.1, 0.15) is 22.0 Å². The van der Waals surface area contributed by atoms with Crippen LogP contribution < -0.4 is 10.5 Å². The molecule has 1 unspecified atom stereocenters. The molecule has 2 rings (SSSR count). The predicted octanol–water partition coefficient (Wildman–Crippen LogP) is 2.72. The second-order valence-corrected chi connectivity index (χ2v) is 5.98. The van der Waals surface area contributed by atoms with E-state index in [4.69, 9.17) is 10.5 Å². The van der Waals surface area contributed by atoms with Gasteiger partial charge < -0.3 is 15.4 Å². The van der Waals surface area contributed by atoms with E-state index in [0.717, 1.165) is 21.8 Å². The van der Waals surface area contributed by atoms with Crippen molar-refractivity contribution in [1.29, 1.82) is 0 Å². The molecule has 21 heavy (non-hydrogen) atoms. The maximum Gasteiger partial charge on any atom is 0.244 e. The van der Waals surface area contributed by atoms with Crippen molar-refractivity contribution >= 4 is 17.2 Å². The van der Waals surface area contributed by atoms with Crippen LogP contribution in [0.2, 0.25) is 0 Å². The molecule has 112 valence electrons. The van der Waals surface area contributed by atoms with Gasteiger partial charge in [-0.3, -0.25) is 4.79 Å². The summed E-state index contributed by atoms with van der Waals surface area (Å²) < 4.78 is 5.35. The largest absolute Gasteiger partial charge is 0.496 e. The first-order chi connectivity index (χ1) is 10.0. The Morgan fingerprint density at radius 3 is 2.81 bits per heavy atom. The molecule has 0 aliphatic heterocycles. The van der Waals surface area contributed by atoms with Gasteiger partial charge >= 0.3 is 0 Å². The number of carbonyl (C=O) groups excluding carboxylic acids is 1. The quantitative estimate of drug-likeness (QED) is 0.924. The fourth-order valence-electron chi connectivity index (χ4n) is 2.19. The summed E-state index contributed by atoms with van der Waals surface area (Å²) in [6, 6.07) is 9.11. The lowest BCUT2D eigenvalue weighted by atomic mass is 10.1. The zero-order valence-corrected chi connectivity index (χ0v) is 13.3. The lowest BCUT2D eigenvalue weighted by molar-refractivity contribution is -0.131. The number of thiophene rings is 1. The molecule has 5 heteroatoms. The van der Waals surface area contributed by atoms with Crippen molar-refractivity contribution < 1.29 is 9.53 Å². The second kappa shape index (κ2) is 6.74. The predicted molar refractivity (Wildman–Crippen MR) is 85.5 cm³/mol. The lowest BCUT2D eigenvalue weighted by Gasteiger charge is -2.22. The highest BCUT2D eigenvalue weighted by atomic mass is 32.1. The van der Waals surface area contributed by atoms with Gasteiger partial charge in [0.25, 0.3) is 0 Å². The van der Waals surface area contributed by atoms with Crippen molar-refractivity contribution in [3.8, 4) is 5.75 Å². The second-order valence-electron chi connectivity index (χ2n) is 5.00. The number of nitrogens with two attached hydrogens (primary N) is 1. The molecule has 0 aliphatic rings. The number of methoxy groups -OCH3 is 1. The minimum Gasteiger partial charge on any atom is -0.496 e. The Balaban J connectivity index is 2.12. The Morgan fingerprint density at radius 1 is 1.43 bits per heavy atom. The molecule has 0 spiro atoms. The number of nitrogens with zero attached hydrogens (tertiary/aromatic N) is 1. The lowest BCUT2D eigenvalue weighted by Crippen LogP contribution is -2.35. The summed E-state index contributed by atoms with van der Waals surface area (Å²) in [6.45, 7) is 2.49. The van der Waals surface area contributed by atoms with Crippen LogP contribution in [0.4, 0.5) is 0 Å². The minimum atomic E-state index is -0.606. The molecule has 0 bridgehead atoms. The average Bonchev–Trinajstić information content (AvgIpc) is 3.00. The Morgan fingerprint density at radius 2 is 2.19 bits per heavy atom. The van der Waals surface area contributed by atoms with E-state index < -0.39 is 6.04 Å². The van der Waals surface area contributed by atoms with Gasteiger partial charge in [-0.05, 0) is 24.4 Å². The molecule has 1 atom stereocenters. The van der Waals surface area contributed by atoms with Crippen LogP contribution in [0.15, 0.2) is 35.7 Å². The Labute approximate surface area is 129 Å². The monoisotopic (exact) mass is 304 g/mol. The molecular weight excluding hydrogens is 284 g/mol. The van der Waals surface area contributed by atoms with Crippen molar-refractivity contribution in [2.24, 2.45) is 5.73 Å². The third kappa shape index (κ3) is 3.62. The van der Waals surface area contributed by atoms with E-state index in [1.165, 1.54) is 11.3 Å². The van der Waals surface area contributed by atoms with Gasteiger partial charge in [-0.25, -0.2) is 0 Å². The number of carbonyl (C=O) groups is 1. The Kier molecular flexibility index (Phi) is 4.98. The van der Waals surface area contributed by atoms with Crippen molar-refractivity contribution in [2.45, 2.75) is 19.5 Å². The van der Waals surface area contributed by atoms with Crippen molar-refractivity contribution in [2.75, 3.05) is 14.2 Å². The number of aryl methyl sites for hydroxylation is 1. The maximum absolute atomic E-state index is 12.4. The van der Waals surface area contributed by atoms with E-state index in [1.807, 2.05) is 42.6 Å². The molecule has 0 saturated carbocycles. The third-order valence-electron chi connectivity index (χ3n) is 3.34. The maximum atomic E-state index is 12.4. The first kappa shape index (κ1) is 15.5. The number of hydrogen-bond donors (Lipinski definition) is 1. The first-order valence-corrected chi connectivity index (χ1v) is 7.58. The molecule has 4 nitrogen and oxygen atoms in total. The van der Waals surface area contributed by atoms with Crippen LogP contribution in [0, 0.1) is 6.92 Å². The first-order valence-electron chi connectivity index (χ1n) is 6.70.